The van der Waals surface area contributed by atoms with Crippen LogP contribution >= 0.6 is 15.9 Å². The molecule has 1 N–H and O–H groups in total. The van der Waals surface area contributed by atoms with E-state index in [2.05, 4.69) is 15.9 Å². The second-order valence-corrected chi connectivity index (χ2v) is 6.48. The van der Waals surface area contributed by atoms with E-state index >= 15 is 0 Å². The Balaban J connectivity index is 2.08. The quantitative estimate of drug-likeness (QED) is 0.598. The first-order chi connectivity index (χ1) is 10.9. The lowest BCUT2D eigenvalue weighted by molar-refractivity contribution is -0.384. The highest BCUT2D eigenvalue weighted by atomic mass is 79.9. The smallest absolute Gasteiger partial charge is 0.317 e. The molecule has 0 spiro atoms. The molecule has 0 radical (unpaired) electrons. The zero-order chi connectivity index (χ0) is 17.0. The zero-order valence-electron chi connectivity index (χ0n) is 12.9. The van der Waals surface area contributed by atoms with Crippen molar-refractivity contribution < 1.29 is 14.8 Å². The van der Waals surface area contributed by atoms with Crippen LogP contribution in [0.3, 0.4) is 0 Å². The molecular weight excluding hydrogens is 366 g/mol. The van der Waals surface area contributed by atoms with Crippen molar-refractivity contribution in [2.24, 2.45) is 0 Å². The molecule has 23 heavy (non-hydrogen) atoms. The van der Waals surface area contributed by atoms with E-state index in [1.54, 1.807) is 12.1 Å². The SMILES string of the molecule is CCN(CC(=O)O)C1CCN(c2cc(Br)ccc2[N+](=O)[O-])CC1. The molecule has 1 aliphatic rings. The summed E-state index contributed by atoms with van der Waals surface area (Å²) in [5, 5.41) is 20.2. The van der Waals surface area contributed by atoms with Gasteiger partial charge in [0.15, 0.2) is 0 Å². The van der Waals surface area contributed by atoms with Crippen LogP contribution in [0, 0.1) is 10.1 Å². The lowest BCUT2D eigenvalue weighted by Crippen LogP contribution is -2.46. The van der Waals surface area contributed by atoms with Gasteiger partial charge in [-0.1, -0.05) is 22.9 Å². The second-order valence-electron chi connectivity index (χ2n) is 5.57. The Kier molecular flexibility index (Phi) is 5.95. The van der Waals surface area contributed by atoms with Crippen LogP contribution in [0.15, 0.2) is 22.7 Å². The molecule has 0 bridgehead atoms. The lowest BCUT2D eigenvalue weighted by atomic mass is 10.0. The van der Waals surface area contributed by atoms with Gasteiger partial charge in [0.2, 0.25) is 0 Å². The average Bonchev–Trinajstić information content (AvgIpc) is 2.52. The van der Waals surface area contributed by atoms with Gasteiger partial charge >= 0.3 is 5.97 Å². The Labute approximate surface area is 143 Å². The average molecular weight is 386 g/mol. The number of nitro groups is 1. The molecule has 0 atom stereocenters. The van der Waals surface area contributed by atoms with Crippen molar-refractivity contribution in [1.82, 2.24) is 4.90 Å². The van der Waals surface area contributed by atoms with E-state index in [0.717, 1.165) is 17.3 Å². The molecule has 126 valence electrons. The maximum absolute atomic E-state index is 11.2. The molecule has 2 rings (SSSR count). The maximum atomic E-state index is 11.2. The van der Waals surface area contributed by atoms with Crippen LogP contribution in [0.2, 0.25) is 0 Å². The highest BCUT2D eigenvalue weighted by Crippen LogP contribution is 2.33. The number of rotatable bonds is 6. The highest BCUT2D eigenvalue weighted by Gasteiger charge is 2.28. The number of hydrogen-bond donors (Lipinski definition) is 1. The van der Waals surface area contributed by atoms with Crippen LogP contribution in [0.1, 0.15) is 19.8 Å². The summed E-state index contributed by atoms with van der Waals surface area (Å²) >= 11 is 3.36. The summed E-state index contributed by atoms with van der Waals surface area (Å²) in [6, 6.07) is 5.15. The maximum Gasteiger partial charge on any atom is 0.317 e. The van der Waals surface area contributed by atoms with Gasteiger partial charge in [0.25, 0.3) is 5.69 Å². The topological polar surface area (TPSA) is 86.9 Å². The molecule has 0 amide bonds. The predicted molar refractivity (Wildman–Crippen MR) is 90.9 cm³/mol. The molecule has 1 saturated heterocycles. The summed E-state index contributed by atoms with van der Waals surface area (Å²) in [7, 11) is 0. The molecular formula is C15H20BrN3O4. The Morgan fingerprint density at radius 2 is 2.13 bits per heavy atom. The van der Waals surface area contributed by atoms with Crippen molar-refractivity contribution in [1.29, 1.82) is 0 Å². The van der Waals surface area contributed by atoms with E-state index in [4.69, 9.17) is 5.11 Å². The third kappa shape index (κ3) is 4.42. The van der Waals surface area contributed by atoms with Crippen LogP contribution in [0.25, 0.3) is 0 Å². The van der Waals surface area contributed by atoms with Gasteiger partial charge in [-0.25, -0.2) is 0 Å². The van der Waals surface area contributed by atoms with E-state index in [9.17, 15) is 14.9 Å². The number of aliphatic carboxylic acids is 1. The van der Waals surface area contributed by atoms with Gasteiger partial charge in [-0.2, -0.15) is 0 Å². The number of carboxylic acids is 1. The van der Waals surface area contributed by atoms with Crippen molar-refractivity contribution in [3.05, 3.63) is 32.8 Å². The van der Waals surface area contributed by atoms with Gasteiger partial charge in [-0.3, -0.25) is 19.8 Å². The first-order valence-corrected chi connectivity index (χ1v) is 8.36. The number of nitro benzene ring substituents is 1. The first-order valence-electron chi connectivity index (χ1n) is 7.57. The van der Waals surface area contributed by atoms with E-state index in [1.807, 2.05) is 16.7 Å². The third-order valence-corrected chi connectivity index (χ3v) is 4.69. The normalized spacial score (nSPS) is 15.9. The number of piperidine rings is 1. The molecule has 0 aromatic heterocycles. The summed E-state index contributed by atoms with van der Waals surface area (Å²) in [6.07, 6.45) is 1.59. The van der Waals surface area contributed by atoms with Gasteiger partial charge in [-0.05, 0) is 31.5 Å². The van der Waals surface area contributed by atoms with Crippen molar-refractivity contribution >= 4 is 33.3 Å². The molecule has 1 aromatic rings. The number of carboxylic acid groups (broad SMARTS) is 1. The van der Waals surface area contributed by atoms with Gasteiger partial charge < -0.3 is 10.0 Å². The summed E-state index contributed by atoms with van der Waals surface area (Å²) in [5.74, 6) is -0.822. The summed E-state index contributed by atoms with van der Waals surface area (Å²) in [4.78, 5) is 25.7. The summed E-state index contributed by atoms with van der Waals surface area (Å²) in [6.45, 7) is 4.04. The van der Waals surface area contributed by atoms with E-state index in [0.29, 0.717) is 25.3 Å². The Morgan fingerprint density at radius 1 is 1.48 bits per heavy atom. The number of hydrogen-bond acceptors (Lipinski definition) is 5. The van der Waals surface area contributed by atoms with Gasteiger partial charge in [0.1, 0.15) is 5.69 Å². The second kappa shape index (κ2) is 7.74. The van der Waals surface area contributed by atoms with E-state index in [-0.39, 0.29) is 23.2 Å². The molecule has 0 unspecified atom stereocenters. The van der Waals surface area contributed by atoms with E-state index < -0.39 is 5.97 Å². The highest BCUT2D eigenvalue weighted by molar-refractivity contribution is 9.10. The Morgan fingerprint density at radius 3 is 2.65 bits per heavy atom. The Hall–Kier alpha value is -1.67. The van der Waals surface area contributed by atoms with Gasteiger partial charge in [0, 0.05) is 29.7 Å². The molecule has 7 nitrogen and oxygen atoms in total. The minimum atomic E-state index is -0.822. The number of likely N-dealkylation sites (N-methyl/N-ethyl adjacent to an activating group) is 1. The molecule has 1 aromatic carbocycles. The van der Waals surface area contributed by atoms with Gasteiger partial charge in [0.05, 0.1) is 11.5 Å². The number of anilines is 1. The molecule has 1 heterocycles. The number of halogens is 1. The molecule has 0 saturated carbocycles. The Bertz CT molecular complexity index is 588. The summed E-state index contributed by atoms with van der Waals surface area (Å²) < 4.78 is 0.807. The monoisotopic (exact) mass is 385 g/mol. The lowest BCUT2D eigenvalue weighted by Gasteiger charge is -2.38. The van der Waals surface area contributed by atoms with Gasteiger partial charge in [-0.15, -0.1) is 0 Å². The van der Waals surface area contributed by atoms with Crippen LogP contribution in [0.4, 0.5) is 11.4 Å². The number of nitrogens with zero attached hydrogens (tertiary/aromatic N) is 3. The largest absolute Gasteiger partial charge is 0.480 e. The van der Waals surface area contributed by atoms with E-state index in [1.165, 1.54) is 6.07 Å². The summed E-state index contributed by atoms with van der Waals surface area (Å²) in [5.41, 5.74) is 0.716. The van der Waals surface area contributed by atoms with Crippen LogP contribution < -0.4 is 4.90 Å². The van der Waals surface area contributed by atoms with Crippen molar-refractivity contribution in [3.8, 4) is 0 Å². The van der Waals surface area contributed by atoms with Crippen LogP contribution in [-0.4, -0.2) is 53.1 Å². The number of carbonyl (C=O) groups is 1. The minimum Gasteiger partial charge on any atom is -0.480 e. The third-order valence-electron chi connectivity index (χ3n) is 4.20. The zero-order valence-corrected chi connectivity index (χ0v) is 14.5. The molecule has 1 fully saturated rings. The van der Waals surface area contributed by atoms with Crippen molar-refractivity contribution in [2.45, 2.75) is 25.8 Å². The predicted octanol–water partition coefficient (Wildman–Crippen LogP) is 2.73. The minimum absolute atomic E-state index is 0.0399. The van der Waals surface area contributed by atoms with Crippen LogP contribution in [0.5, 0.6) is 0 Å². The fraction of sp³-hybridized carbons (Fsp3) is 0.533. The molecule has 0 aliphatic carbocycles. The molecule has 1 aliphatic heterocycles. The van der Waals surface area contributed by atoms with Crippen molar-refractivity contribution in [2.75, 3.05) is 31.1 Å². The first kappa shape index (κ1) is 17.7. The fourth-order valence-corrected chi connectivity index (χ4v) is 3.40. The standard InChI is InChI=1S/C15H20BrN3O4/c1-2-17(10-15(20)21)12-5-7-18(8-6-12)14-9-11(16)3-4-13(14)19(22)23/h3-4,9,12H,2,5-8,10H2,1H3,(H,20,21). The molecule has 8 heteroatoms. The van der Waals surface area contributed by atoms with Crippen molar-refractivity contribution in [3.63, 3.8) is 0 Å². The number of benzene rings is 1. The van der Waals surface area contributed by atoms with Crippen LogP contribution in [-0.2, 0) is 4.79 Å². The fourth-order valence-electron chi connectivity index (χ4n) is 3.05.